The summed E-state index contributed by atoms with van der Waals surface area (Å²) >= 11 is 0. The molecule has 0 aliphatic carbocycles. The van der Waals surface area contributed by atoms with Crippen molar-refractivity contribution in [2.45, 2.75) is 12.5 Å². The Kier molecular flexibility index (Phi) is 5.11. The molecule has 1 heterocycles. The lowest BCUT2D eigenvalue weighted by Gasteiger charge is -2.10. The van der Waals surface area contributed by atoms with Crippen molar-refractivity contribution in [3.8, 4) is 11.3 Å². The molecule has 5 nitrogen and oxygen atoms in total. The molecule has 0 saturated carbocycles. The van der Waals surface area contributed by atoms with Crippen LogP contribution in [0.15, 0.2) is 48.5 Å². The highest BCUT2D eigenvalue weighted by atomic mass is 19.1. The Morgan fingerprint density at radius 3 is 2.60 bits per heavy atom. The maximum absolute atomic E-state index is 13.2. The van der Waals surface area contributed by atoms with Crippen molar-refractivity contribution in [1.82, 2.24) is 10.3 Å². The van der Waals surface area contributed by atoms with Gasteiger partial charge in [0.25, 0.3) is 0 Å². The van der Waals surface area contributed by atoms with Crippen LogP contribution in [-0.4, -0.2) is 40.4 Å². The van der Waals surface area contributed by atoms with Gasteiger partial charge >= 0.3 is 0 Å². The third-order valence-electron chi connectivity index (χ3n) is 4.03. The van der Waals surface area contributed by atoms with Gasteiger partial charge in [-0.15, -0.1) is 0 Å². The predicted molar refractivity (Wildman–Crippen MR) is 93.5 cm³/mol. The number of nitrogens with one attached hydrogen (secondary N) is 2. The minimum atomic E-state index is -0.983. The molecule has 1 amide bonds. The molecule has 0 aliphatic rings. The molecule has 0 fully saturated rings. The summed E-state index contributed by atoms with van der Waals surface area (Å²) in [5, 5.41) is 21.7. The number of aromatic nitrogens is 1. The molecule has 0 spiro atoms. The number of aromatic amines is 1. The number of aliphatic hydroxyl groups excluding tert-OH is 2. The standard InChI is InChI=1S/C19H19FN2O3/c20-13-7-5-12(6-8-13)19-16(9-18(25)21-10-14(24)11-23)15-3-1-2-4-17(15)22-19/h1-8,14,22-24H,9-11H2,(H,21,25). The van der Waals surface area contributed by atoms with Crippen LogP contribution in [0.1, 0.15) is 5.56 Å². The summed E-state index contributed by atoms with van der Waals surface area (Å²) < 4.78 is 13.2. The molecule has 2 aromatic carbocycles. The minimum absolute atomic E-state index is 0.0103. The summed E-state index contributed by atoms with van der Waals surface area (Å²) in [6, 6.07) is 13.7. The summed E-state index contributed by atoms with van der Waals surface area (Å²) in [7, 11) is 0. The van der Waals surface area contributed by atoms with E-state index in [1.165, 1.54) is 12.1 Å². The Labute approximate surface area is 144 Å². The minimum Gasteiger partial charge on any atom is -0.394 e. The number of halogens is 1. The first kappa shape index (κ1) is 17.1. The van der Waals surface area contributed by atoms with Crippen LogP contribution in [-0.2, 0) is 11.2 Å². The first-order chi connectivity index (χ1) is 12.1. The van der Waals surface area contributed by atoms with Gasteiger partial charge in [0.2, 0.25) is 5.91 Å². The van der Waals surface area contributed by atoms with Gasteiger partial charge in [0.15, 0.2) is 0 Å². The number of benzene rings is 2. The number of aliphatic hydroxyl groups is 2. The number of para-hydroxylation sites is 1. The zero-order valence-corrected chi connectivity index (χ0v) is 13.5. The molecule has 6 heteroatoms. The van der Waals surface area contributed by atoms with E-state index in [2.05, 4.69) is 10.3 Å². The largest absolute Gasteiger partial charge is 0.394 e. The van der Waals surface area contributed by atoms with Crippen LogP contribution in [0, 0.1) is 5.82 Å². The second-order valence-corrected chi connectivity index (χ2v) is 5.85. The van der Waals surface area contributed by atoms with Crippen molar-refractivity contribution in [3.05, 3.63) is 59.9 Å². The van der Waals surface area contributed by atoms with Crippen LogP contribution in [0.4, 0.5) is 4.39 Å². The Morgan fingerprint density at radius 1 is 1.16 bits per heavy atom. The third-order valence-corrected chi connectivity index (χ3v) is 4.03. The van der Waals surface area contributed by atoms with Crippen LogP contribution in [0.5, 0.6) is 0 Å². The highest BCUT2D eigenvalue weighted by Crippen LogP contribution is 2.30. The summed E-state index contributed by atoms with van der Waals surface area (Å²) in [6.45, 7) is -0.419. The lowest BCUT2D eigenvalue weighted by Crippen LogP contribution is -2.34. The quantitative estimate of drug-likeness (QED) is 0.553. The van der Waals surface area contributed by atoms with E-state index in [0.717, 1.165) is 27.7 Å². The van der Waals surface area contributed by atoms with Crippen molar-refractivity contribution in [1.29, 1.82) is 0 Å². The number of hydrogen-bond donors (Lipinski definition) is 4. The monoisotopic (exact) mass is 342 g/mol. The molecule has 0 saturated heterocycles. The van der Waals surface area contributed by atoms with E-state index >= 15 is 0 Å². The number of carbonyl (C=O) groups is 1. The van der Waals surface area contributed by atoms with Crippen molar-refractivity contribution in [2.24, 2.45) is 0 Å². The smallest absolute Gasteiger partial charge is 0.224 e. The first-order valence-electron chi connectivity index (χ1n) is 7.99. The molecule has 4 N–H and O–H groups in total. The van der Waals surface area contributed by atoms with Crippen molar-refractivity contribution in [3.63, 3.8) is 0 Å². The molecule has 0 bridgehead atoms. The fourth-order valence-electron chi connectivity index (χ4n) is 2.77. The van der Waals surface area contributed by atoms with E-state index in [-0.39, 0.29) is 24.7 Å². The second-order valence-electron chi connectivity index (χ2n) is 5.85. The van der Waals surface area contributed by atoms with E-state index < -0.39 is 12.7 Å². The van der Waals surface area contributed by atoms with Gasteiger partial charge in [-0.2, -0.15) is 0 Å². The molecule has 3 aromatic rings. The molecule has 130 valence electrons. The maximum Gasteiger partial charge on any atom is 0.224 e. The Balaban J connectivity index is 1.93. The van der Waals surface area contributed by atoms with E-state index in [9.17, 15) is 14.3 Å². The van der Waals surface area contributed by atoms with Gasteiger partial charge in [-0.05, 0) is 41.5 Å². The Bertz CT molecular complexity index is 874. The third kappa shape index (κ3) is 3.87. The first-order valence-corrected chi connectivity index (χ1v) is 7.99. The zero-order chi connectivity index (χ0) is 17.8. The summed E-state index contributed by atoms with van der Waals surface area (Å²) in [4.78, 5) is 15.5. The average molecular weight is 342 g/mol. The van der Waals surface area contributed by atoms with Crippen molar-refractivity contribution < 1.29 is 19.4 Å². The van der Waals surface area contributed by atoms with E-state index in [1.807, 2.05) is 24.3 Å². The van der Waals surface area contributed by atoms with E-state index in [1.54, 1.807) is 12.1 Å². The van der Waals surface area contributed by atoms with Crippen LogP contribution in [0.2, 0.25) is 0 Å². The summed E-state index contributed by atoms with van der Waals surface area (Å²) in [5.74, 6) is -0.585. The van der Waals surface area contributed by atoms with Crippen LogP contribution in [0.3, 0.4) is 0 Å². The zero-order valence-electron chi connectivity index (χ0n) is 13.5. The van der Waals surface area contributed by atoms with Gasteiger partial charge in [0.05, 0.1) is 24.8 Å². The normalized spacial score (nSPS) is 12.3. The van der Waals surface area contributed by atoms with E-state index in [0.29, 0.717) is 0 Å². The SMILES string of the molecule is O=C(Cc1c(-c2ccc(F)cc2)[nH]c2ccccc12)NCC(O)CO. The molecule has 3 rings (SSSR count). The fourth-order valence-corrected chi connectivity index (χ4v) is 2.77. The summed E-state index contributed by atoms with van der Waals surface area (Å²) in [6.07, 6.45) is -0.877. The Hall–Kier alpha value is -2.70. The number of amides is 1. The van der Waals surface area contributed by atoms with E-state index in [4.69, 9.17) is 5.11 Å². The van der Waals surface area contributed by atoms with Gasteiger partial charge < -0.3 is 20.5 Å². The van der Waals surface area contributed by atoms with Gasteiger partial charge in [-0.3, -0.25) is 4.79 Å². The molecule has 1 atom stereocenters. The second kappa shape index (κ2) is 7.46. The lowest BCUT2D eigenvalue weighted by atomic mass is 10.0. The predicted octanol–water partition coefficient (Wildman–Crippen LogP) is 1.99. The molecular formula is C19H19FN2O3. The number of H-pyrrole nitrogens is 1. The molecular weight excluding hydrogens is 323 g/mol. The van der Waals surface area contributed by atoms with Gasteiger partial charge in [0.1, 0.15) is 5.82 Å². The number of hydrogen-bond acceptors (Lipinski definition) is 3. The van der Waals surface area contributed by atoms with Crippen LogP contribution >= 0.6 is 0 Å². The molecule has 1 unspecified atom stereocenters. The summed E-state index contributed by atoms with van der Waals surface area (Å²) in [5.41, 5.74) is 3.24. The highest BCUT2D eigenvalue weighted by Gasteiger charge is 2.16. The van der Waals surface area contributed by atoms with Gasteiger partial charge in [-0.25, -0.2) is 4.39 Å². The molecule has 0 aliphatic heterocycles. The van der Waals surface area contributed by atoms with Crippen LogP contribution < -0.4 is 5.32 Å². The average Bonchev–Trinajstić information content (AvgIpc) is 2.99. The number of carbonyl (C=O) groups excluding carboxylic acids is 1. The number of rotatable bonds is 6. The highest BCUT2D eigenvalue weighted by molar-refractivity contribution is 5.95. The van der Waals surface area contributed by atoms with Gasteiger partial charge in [-0.1, -0.05) is 18.2 Å². The van der Waals surface area contributed by atoms with Crippen molar-refractivity contribution in [2.75, 3.05) is 13.2 Å². The number of fused-ring (bicyclic) bond motifs is 1. The van der Waals surface area contributed by atoms with Crippen LogP contribution in [0.25, 0.3) is 22.2 Å². The molecule has 1 aromatic heterocycles. The van der Waals surface area contributed by atoms with Gasteiger partial charge in [0, 0.05) is 17.4 Å². The molecule has 0 radical (unpaired) electrons. The topological polar surface area (TPSA) is 85.4 Å². The van der Waals surface area contributed by atoms with Crippen molar-refractivity contribution >= 4 is 16.8 Å². The fraction of sp³-hybridized carbons (Fsp3) is 0.211. The maximum atomic E-state index is 13.2. The Morgan fingerprint density at radius 2 is 1.88 bits per heavy atom. The lowest BCUT2D eigenvalue weighted by molar-refractivity contribution is -0.121. The molecule has 25 heavy (non-hydrogen) atoms.